The molecule has 0 unspecified atom stereocenters. The van der Waals surface area contributed by atoms with E-state index >= 15 is 0 Å². The molecule has 2 rings (SSSR count). The fourth-order valence-corrected chi connectivity index (χ4v) is 1.76. The Balaban J connectivity index is 1.81. The lowest BCUT2D eigenvalue weighted by atomic mass is 10.1. The molecule has 3 nitrogen and oxygen atoms in total. The molecule has 0 aliphatic heterocycles. The van der Waals surface area contributed by atoms with E-state index < -0.39 is 0 Å². The van der Waals surface area contributed by atoms with Crippen LogP contribution in [0, 0.1) is 0 Å². The van der Waals surface area contributed by atoms with Crippen molar-refractivity contribution in [2.45, 2.75) is 26.5 Å². The minimum atomic E-state index is 0.578. The molecule has 0 amide bonds. The van der Waals surface area contributed by atoms with Crippen molar-refractivity contribution in [2.24, 2.45) is 0 Å². The van der Waals surface area contributed by atoms with Crippen molar-refractivity contribution in [3.05, 3.63) is 59.9 Å². The summed E-state index contributed by atoms with van der Waals surface area (Å²) < 4.78 is 5.65. The first-order chi connectivity index (χ1) is 9.38. The van der Waals surface area contributed by atoms with Gasteiger partial charge in [-0.05, 0) is 36.2 Å². The number of pyridine rings is 1. The van der Waals surface area contributed by atoms with Gasteiger partial charge in [0.2, 0.25) is 0 Å². The highest BCUT2D eigenvalue weighted by Gasteiger charge is 1.97. The molecule has 0 saturated heterocycles. The SMILES string of the molecule is CCCNCc1ccc(COc2cccnc2)cc1. The molecular formula is C16H20N2O. The molecule has 0 saturated carbocycles. The summed E-state index contributed by atoms with van der Waals surface area (Å²) in [6.45, 7) is 4.74. The summed E-state index contributed by atoms with van der Waals surface area (Å²) in [5, 5.41) is 3.39. The van der Waals surface area contributed by atoms with Gasteiger partial charge < -0.3 is 10.1 Å². The topological polar surface area (TPSA) is 34.1 Å². The molecule has 0 fully saturated rings. The van der Waals surface area contributed by atoms with Crippen LogP contribution in [0.3, 0.4) is 0 Å². The molecule has 100 valence electrons. The highest BCUT2D eigenvalue weighted by Crippen LogP contribution is 2.11. The highest BCUT2D eigenvalue weighted by molar-refractivity contribution is 5.23. The lowest BCUT2D eigenvalue weighted by Crippen LogP contribution is -2.13. The zero-order valence-corrected chi connectivity index (χ0v) is 11.3. The van der Waals surface area contributed by atoms with Crippen LogP contribution in [-0.2, 0) is 13.2 Å². The van der Waals surface area contributed by atoms with Crippen molar-refractivity contribution in [1.82, 2.24) is 10.3 Å². The van der Waals surface area contributed by atoms with Gasteiger partial charge in [0.1, 0.15) is 12.4 Å². The Morgan fingerprint density at radius 1 is 1.11 bits per heavy atom. The Morgan fingerprint density at radius 2 is 1.89 bits per heavy atom. The standard InChI is InChI=1S/C16H20N2O/c1-2-9-17-11-14-5-7-15(8-6-14)13-19-16-4-3-10-18-12-16/h3-8,10,12,17H,2,9,11,13H2,1H3. The van der Waals surface area contributed by atoms with Gasteiger partial charge in [0.15, 0.2) is 0 Å². The van der Waals surface area contributed by atoms with E-state index in [4.69, 9.17) is 4.74 Å². The number of ether oxygens (including phenoxy) is 1. The summed E-state index contributed by atoms with van der Waals surface area (Å²) in [6.07, 6.45) is 4.63. The fraction of sp³-hybridized carbons (Fsp3) is 0.312. The van der Waals surface area contributed by atoms with E-state index in [-0.39, 0.29) is 0 Å². The maximum atomic E-state index is 5.65. The van der Waals surface area contributed by atoms with Crippen LogP contribution in [0.5, 0.6) is 5.75 Å². The van der Waals surface area contributed by atoms with Crippen LogP contribution in [0.4, 0.5) is 0 Å². The van der Waals surface area contributed by atoms with Gasteiger partial charge in [0.05, 0.1) is 6.20 Å². The minimum absolute atomic E-state index is 0.578. The molecule has 3 heteroatoms. The van der Waals surface area contributed by atoms with Crippen molar-refractivity contribution >= 4 is 0 Å². The second-order valence-corrected chi connectivity index (χ2v) is 4.47. The minimum Gasteiger partial charge on any atom is -0.487 e. The molecule has 0 bridgehead atoms. The molecule has 1 aromatic carbocycles. The fourth-order valence-electron chi connectivity index (χ4n) is 1.76. The van der Waals surface area contributed by atoms with Crippen LogP contribution in [0.1, 0.15) is 24.5 Å². The Kier molecular flexibility index (Phi) is 5.38. The number of nitrogens with zero attached hydrogens (tertiary/aromatic N) is 1. The van der Waals surface area contributed by atoms with Crippen molar-refractivity contribution in [3.8, 4) is 5.75 Å². The lowest BCUT2D eigenvalue weighted by Gasteiger charge is -2.07. The van der Waals surface area contributed by atoms with Crippen molar-refractivity contribution < 1.29 is 4.74 Å². The molecule has 19 heavy (non-hydrogen) atoms. The largest absolute Gasteiger partial charge is 0.487 e. The number of hydrogen-bond donors (Lipinski definition) is 1. The first-order valence-electron chi connectivity index (χ1n) is 6.70. The van der Waals surface area contributed by atoms with Crippen LogP contribution in [0.15, 0.2) is 48.8 Å². The third-order valence-electron chi connectivity index (χ3n) is 2.82. The van der Waals surface area contributed by atoms with E-state index in [2.05, 4.69) is 41.5 Å². The predicted molar refractivity (Wildman–Crippen MR) is 77.0 cm³/mol. The quantitative estimate of drug-likeness (QED) is 0.773. The average Bonchev–Trinajstić information content (AvgIpc) is 2.48. The average molecular weight is 256 g/mol. The van der Waals surface area contributed by atoms with Gasteiger partial charge in [-0.1, -0.05) is 31.2 Å². The summed E-state index contributed by atoms with van der Waals surface area (Å²) in [4.78, 5) is 4.02. The van der Waals surface area contributed by atoms with Crippen LogP contribution in [0.2, 0.25) is 0 Å². The van der Waals surface area contributed by atoms with Gasteiger partial charge >= 0.3 is 0 Å². The van der Waals surface area contributed by atoms with Crippen LogP contribution >= 0.6 is 0 Å². The van der Waals surface area contributed by atoms with Crippen LogP contribution < -0.4 is 10.1 Å². The lowest BCUT2D eigenvalue weighted by molar-refractivity contribution is 0.305. The molecule has 0 aliphatic carbocycles. The van der Waals surface area contributed by atoms with Gasteiger partial charge in [-0.15, -0.1) is 0 Å². The Hall–Kier alpha value is -1.87. The van der Waals surface area contributed by atoms with Crippen LogP contribution in [0.25, 0.3) is 0 Å². The molecule has 2 aromatic rings. The van der Waals surface area contributed by atoms with Crippen molar-refractivity contribution in [2.75, 3.05) is 6.54 Å². The summed E-state index contributed by atoms with van der Waals surface area (Å²) in [5.74, 6) is 0.802. The molecule has 0 aliphatic rings. The second-order valence-electron chi connectivity index (χ2n) is 4.47. The Labute approximate surface area is 114 Å². The van der Waals surface area contributed by atoms with E-state index in [1.54, 1.807) is 12.4 Å². The maximum Gasteiger partial charge on any atom is 0.138 e. The predicted octanol–water partition coefficient (Wildman–Crippen LogP) is 3.16. The molecule has 1 heterocycles. The van der Waals surface area contributed by atoms with Gasteiger partial charge in [-0.2, -0.15) is 0 Å². The first-order valence-corrected chi connectivity index (χ1v) is 6.70. The van der Waals surface area contributed by atoms with E-state index in [0.29, 0.717) is 6.61 Å². The van der Waals surface area contributed by atoms with Gasteiger partial charge in [0.25, 0.3) is 0 Å². The zero-order chi connectivity index (χ0) is 13.3. The molecule has 1 aromatic heterocycles. The number of rotatable bonds is 7. The third kappa shape index (κ3) is 4.72. The number of aromatic nitrogens is 1. The summed E-state index contributed by atoms with van der Waals surface area (Å²) in [7, 11) is 0. The maximum absolute atomic E-state index is 5.65. The van der Waals surface area contributed by atoms with E-state index in [9.17, 15) is 0 Å². The summed E-state index contributed by atoms with van der Waals surface area (Å²) >= 11 is 0. The summed E-state index contributed by atoms with van der Waals surface area (Å²) in [5.41, 5.74) is 2.47. The smallest absolute Gasteiger partial charge is 0.138 e. The number of benzene rings is 1. The molecule has 0 atom stereocenters. The van der Waals surface area contributed by atoms with Crippen molar-refractivity contribution in [1.29, 1.82) is 0 Å². The van der Waals surface area contributed by atoms with E-state index in [1.807, 2.05) is 12.1 Å². The van der Waals surface area contributed by atoms with Gasteiger partial charge in [0, 0.05) is 12.7 Å². The molecule has 0 radical (unpaired) electrons. The van der Waals surface area contributed by atoms with Crippen LogP contribution in [-0.4, -0.2) is 11.5 Å². The number of hydrogen-bond acceptors (Lipinski definition) is 3. The molecule has 0 spiro atoms. The second kappa shape index (κ2) is 7.54. The molecule has 1 N–H and O–H groups in total. The van der Waals surface area contributed by atoms with Gasteiger partial charge in [-0.3, -0.25) is 4.98 Å². The van der Waals surface area contributed by atoms with Gasteiger partial charge in [-0.25, -0.2) is 0 Å². The van der Waals surface area contributed by atoms with E-state index in [1.165, 1.54) is 11.1 Å². The zero-order valence-electron chi connectivity index (χ0n) is 11.3. The number of nitrogens with one attached hydrogen (secondary N) is 1. The summed E-state index contributed by atoms with van der Waals surface area (Å²) in [6, 6.07) is 12.3. The Bertz CT molecular complexity index is 468. The monoisotopic (exact) mass is 256 g/mol. The highest BCUT2D eigenvalue weighted by atomic mass is 16.5. The normalized spacial score (nSPS) is 10.4. The Morgan fingerprint density at radius 3 is 2.58 bits per heavy atom. The van der Waals surface area contributed by atoms with Crippen molar-refractivity contribution in [3.63, 3.8) is 0 Å². The molecular weight excluding hydrogens is 236 g/mol. The van der Waals surface area contributed by atoms with E-state index in [0.717, 1.165) is 25.3 Å². The first kappa shape index (κ1) is 13.6. The third-order valence-corrected chi connectivity index (χ3v) is 2.82.